The Kier molecular flexibility index (Phi) is 5.56. The molecule has 0 aliphatic heterocycles. The lowest BCUT2D eigenvalue weighted by atomic mass is 9.49. The van der Waals surface area contributed by atoms with E-state index >= 15 is 0 Å². The number of carbonyl (C=O) groups is 1. The number of hydrogen-bond donors (Lipinski definition) is 1. The highest BCUT2D eigenvalue weighted by atomic mass is 16.3. The Hall–Kier alpha value is -2.09. The third kappa shape index (κ3) is 3.73. The first kappa shape index (κ1) is 22.1. The van der Waals surface area contributed by atoms with E-state index in [2.05, 4.69) is 45.9 Å². The molecule has 31 heavy (non-hydrogen) atoms. The number of hydrogen-bond acceptors (Lipinski definition) is 2. The van der Waals surface area contributed by atoms with Crippen molar-refractivity contribution in [2.24, 2.45) is 11.3 Å². The van der Waals surface area contributed by atoms with Crippen LogP contribution < -0.4 is 0 Å². The van der Waals surface area contributed by atoms with Gasteiger partial charge in [0.25, 0.3) is 0 Å². The van der Waals surface area contributed by atoms with Gasteiger partial charge in [0.2, 0.25) is 0 Å². The van der Waals surface area contributed by atoms with E-state index in [0.29, 0.717) is 23.8 Å². The molecule has 0 spiro atoms. The number of phenols is 1. The van der Waals surface area contributed by atoms with Crippen molar-refractivity contribution in [1.82, 2.24) is 0 Å². The number of carbonyl (C=O) groups excluding carboxylic acids is 1. The molecule has 0 aromatic heterocycles. The van der Waals surface area contributed by atoms with E-state index in [1.165, 1.54) is 23.1 Å². The maximum Gasteiger partial charge on any atom is 0.167 e. The zero-order chi connectivity index (χ0) is 22.6. The molecule has 166 valence electrons. The van der Waals surface area contributed by atoms with Gasteiger partial charge in [-0.2, -0.15) is 0 Å². The summed E-state index contributed by atoms with van der Waals surface area (Å²) in [6, 6.07) is 10.9. The van der Waals surface area contributed by atoms with E-state index in [9.17, 15) is 9.90 Å². The van der Waals surface area contributed by atoms with Crippen molar-refractivity contribution in [3.8, 4) is 5.75 Å². The van der Waals surface area contributed by atoms with Crippen molar-refractivity contribution < 1.29 is 9.90 Å². The summed E-state index contributed by atoms with van der Waals surface area (Å²) in [5.74, 6) is 1.30. The molecule has 2 aliphatic rings. The van der Waals surface area contributed by atoms with Crippen LogP contribution in [-0.4, -0.2) is 10.9 Å². The Bertz CT molecular complexity index is 1020. The molecular formula is C29H38O2. The average Bonchev–Trinajstić information content (AvgIpc) is 2.69. The first-order valence-corrected chi connectivity index (χ1v) is 12.0. The fourth-order valence-electron chi connectivity index (χ4n) is 6.85. The van der Waals surface area contributed by atoms with Gasteiger partial charge in [-0.15, -0.1) is 0 Å². The SMILES string of the molecule is Cc1cc(C)c(O)c(C(=O)C[C@]2(C)CCC[C@]3(C)c4ccc(C(C)C)cc4CC[C@@H]23)c1. The molecule has 0 radical (unpaired) electrons. The number of aromatic hydroxyl groups is 1. The van der Waals surface area contributed by atoms with Crippen LogP contribution in [0, 0.1) is 25.2 Å². The van der Waals surface area contributed by atoms with Crippen LogP contribution in [0.2, 0.25) is 0 Å². The maximum absolute atomic E-state index is 13.4. The van der Waals surface area contributed by atoms with Crippen molar-refractivity contribution in [2.45, 2.75) is 91.4 Å². The summed E-state index contributed by atoms with van der Waals surface area (Å²) < 4.78 is 0. The molecule has 1 saturated carbocycles. The van der Waals surface area contributed by atoms with Crippen molar-refractivity contribution in [2.75, 3.05) is 0 Å². The number of Topliss-reactive ketones (excluding diaryl/α,β-unsaturated/α-hetero) is 1. The van der Waals surface area contributed by atoms with Crippen LogP contribution >= 0.6 is 0 Å². The summed E-state index contributed by atoms with van der Waals surface area (Å²) in [6.07, 6.45) is 6.21. The highest BCUT2D eigenvalue weighted by molar-refractivity contribution is 5.99. The number of ketones is 1. The van der Waals surface area contributed by atoms with Gasteiger partial charge >= 0.3 is 0 Å². The minimum atomic E-state index is -0.0391. The zero-order valence-electron chi connectivity index (χ0n) is 20.1. The van der Waals surface area contributed by atoms with Gasteiger partial charge < -0.3 is 5.11 Å². The first-order chi connectivity index (χ1) is 14.5. The zero-order valence-corrected chi connectivity index (χ0v) is 20.1. The van der Waals surface area contributed by atoms with E-state index in [0.717, 1.165) is 36.8 Å². The van der Waals surface area contributed by atoms with Gasteiger partial charge in [-0.1, -0.05) is 58.4 Å². The summed E-state index contributed by atoms with van der Waals surface area (Å²) in [4.78, 5) is 13.4. The third-order valence-corrected chi connectivity index (χ3v) is 8.48. The second-order valence-electron chi connectivity index (χ2n) is 11.2. The molecule has 0 amide bonds. The highest BCUT2D eigenvalue weighted by Gasteiger charge is 2.52. The van der Waals surface area contributed by atoms with Crippen molar-refractivity contribution >= 4 is 5.78 Å². The molecule has 0 unspecified atom stereocenters. The van der Waals surface area contributed by atoms with Crippen molar-refractivity contribution in [3.63, 3.8) is 0 Å². The molecule has 0 heterocycles. The maximum atomic E-state index is 13.4. The summed E-state index contributed by atoms with van der Waals surface area (Å²) >= 11 is 0. The Morgan fingerprint density at radius 3 is 2.58 bits per heavy atom. The number of rotatable bonds is 4. The van der Waals surface area contributed by atoms with Crippen LogP contribution in [0.4, 0.5) is 0 Å². The Morgan fingerprint density at radius 2 is 1.87 bits per heavy atom. The van der Waals surface area contributed by atoms with Crippen LogP contribution in [0.5, 0.6) is 5.75 Å². The molecule has 2 nitrogen and oxygen atoms in total. The summed E-state index contributed by atoms with van der Waals surface area (Å²) in [6.45, 7) is 13.2. The topological polar surface area (TPSA) is 37.3 Å². The van der Waals surface area contributed by atoms with Crippen molar-refractivity contribution in [3.05, 3.63) is 63.7 Å². The molecule has 1 fully saturated rings. The van der Waals surface area contributed by atoms with Gasteiger partial charge in [-0.05, 0) is 96.1 Å². The lowest BCUT2D eigenvalue weighted by Crippen LogP contribution is -2.49. The number of benzene rings is 2. The molecule has 2 aromatic carbocycles. The fourth-order valence-corrected chi connectivity index (χ4v) is 6.85. The first-order valence-electron chi connectivity index (χ1n) is 12.0. The van der Waals surface area contributed by atoms with Gasteiger partial charge in [-0.3, -0.25) is 4.79 Å². The van der Waals surface area contributed by atoms with Crippen LogP contribution in [0.25, 0.3) is 0 Å². The summed E-state index contributed by atoms with van der Waals surface area (Å²) in [5, 5.41) is 10.6. The number of aryl methyl sites for hydroxylation is 3. The van der Waals surface area contributed by atoms with Gasteiger partial charge in [-0.25, -0.2) is 0 Å². The normalized spacial score (nSPS) is 27.6. The molecule has 2 aliphatic carbocycles. The lowest BCUT2D eigenvalue weighted by Gasteiger charge is -2.55. The highest BCUT2D eigenvalue weighted by Crippen LogP contribution is 2.58. The lowest BCUT2D eigenvalue weighted by molar-refractivity contribution is 0.0198. The Labute approximate surface area is 188 Å². The van der Waals surface area contributed by atoms with E-state index in [1.54, 1.807) is 0 Å². The molecule has 3 atom stereocenters. The van der Waals surface area contributed by atoms with Crippen LogP contribution in [0.15, 0.2) is 30.3 Å². The largest absolute Gasteiger partial charge is 0.507 e. The van der Waals surface area contributed by atoms with Gasteiger partial charge in [0.15, 0.2) is 5.78 Å². The molecule has 4 rings (SSSR count). The molecule has 2 heteroatoms. The summed E-state index contributed by atoms with van der Waals surface area (Å²) in [7, 11) is 0. The fraction of sp³-hybridized carbons (Fsp3) is 0.552. The Morgan fingerprint density at radius 1 is 1.13 bits per heavy atom. The van der Waals surface area contributed by atoms with Crippen LogP contribution in [0.3, 0.4) is 0 Å². The van der Waals surface area contributed by atoms with E-state index in [1.807, 2.05) is 26.0 Å². The minimum absolute atomic E-state index is 0.0391. The summed E-state index contributed by atoms with van der Waals surface area (Å²) in [5.41, 5.74) is 6.88. The second kappa shape index (κ2) is 7.80. The smallest absolute Gasteiger partial charge is 0.167 e. The van der Waals surface area contributed by atoms with E-state index in [4.69, 9.17) is 0 Å². The van der Waals surface area contributed by atoms with Gasteiger partial charge in [0, 0.05) is 6.42 Å². The predicted molar refractivity (Wildman–Crippen MR) is 128 cm³/mol. The quantitative estimate of drug-likeness (QED) is 0.525. The van der Waals surface area contributed by atoms with E-state index in [-0.39, 0.29) is 22.4 Å². The molecule has 0 bridgehead atoms. The monoisotopic (exact) mass is 418 g/mol. The Balaban J connectivity index is 1.67. The third-order valence-electron chi connectivity index (χ3n) is 8.48. The molecule has 0 saturated heterocycles. The predicted octanol–water partition coefficient (Wildman–Crippen LogP) is 7.42. The van der Waals surface area contributed by atoms with E-state index < -0.39 is 0 Å². The molecule has 2 aromatic rings. The second-order valence-corrected chi connectivity index (χ2v) is 11.2. The van der Waals surface area contributed by atoms with Crippen LogP contribution in [0.1, 0.15) is 104 Å². The average molecular weight is 419 g/mol. The van der Waals surface area contributed by atoms with Gasteiger partial charge in [0.1, 0.15) is 5.75 Å². The molecule has 1 N–H and O–H groups in total. The number of phenolic OH excluding ortho intramolecular Hbond substituents is 1. The van der Waals surface area contributed by atoms with Crippen molar-refractivity contribution in [1.29, 1.82) is 0 Å². The minimum Gasteiger partial charge on any atom is -0.507 e. The standard InChI is InChI=1S/C29H38O2/c1-18(2)21-8-10-24-22(16-21)9-11-26-28(5,12-7-13-29(24,26)6)17-25(30)23-15-19(3)14-20(4)27(23)31/h8,10,14-16,18,26,31H,7,9,11-13,17H2,1-6H3/t26-,28-,29+/m0/s1. The molecular weight excluding hydrogens is 380 g/mol. The van der Waals surface area contributed by atoms with Gasteiger partial charge in [0.05, 0.1) is 5.56 Å². The number of fused-ring (bicyclic) bond motifs is 3. The van der Waals surface area contributed by atoms with Crippen LogP contribution in [-0.2, 0) is 11.8 Å².